The molecule has 0 aromatic heterocycles. The number of halogens is 1. The Labute approximate surface area is 90.6 Å². The zero-order valence-corrected chi connectivity index (χ0v) is 8.22. The number of carboxylic acid groups (broad SMARTS) is 1. The van der Waals surface area contributed by atoms with E-state index in [-0.39, 0.29) is 12.0 Å². The first-order valence-corrected chi connectivity index (χ1v) is 4.76. The second kappa shape index (κ2) is 3.92. The van der Waals surface area contributed by atoms with Crippen LogP contribution < -0.4 is 0 Å². The number of cyclic esters (lactones) is 1. The number of carbonyl (C=O) groups excluding carboxylic acids is 1. The van der Waals surface area contributed by atoms with E-state index in [0.717, 1.165) is 0 Å². The molecule has 1 N–H and O–H groups in total. The third-order valence-corrected chi connectivity index (χ3v) is 2.54. The van der Waals surface area contributed by atoms with Gasteiger partial charge in [-0.3, -0.25) is 9.59 Å². The van der Waals surface area contributed by atoms with Crippen molar-refractivity contribution in [3.05, 3.63) is 35.6 Å². The van der Waals surface area contributed by atoms with Crippen LogP contribution in [0, 0.1) is 11.7 Å². The highest BCUT2D eigenvalue weighted by molar-refractivity contribution is 5.82. The molecule has 2 rings (SSSR count). The fourth-order valence-electron chi connectivity index (χ4n) is 1.76. The molecule has 0 amide bonds. The Bertz CT molecular complexity index is 443. The molecular weight excluding hydrogens is 215 g/mol. The quantitative estimate of drug-likeness (QED) is 0.773. The summed E-state index contributed by atoms with van der Waals surface area (Å²) >= 11 is 0. The van der Waals surface area contributed by atoms with E-state index in [1.165, 1.54) is 18.2 Å². The van der Waals surface area contributed by atoms with Crippen molar-refractivity contribution < 1.29 is 23.8 Å². The van der Waals surface area contributed by atoms with Crippen LogP contribution in [-0.4, -0.2) is 17.0 Å². The second-order valence-electron chi connectivity index (χ2n) is 3.58. The third-order valence-electron chi connectivity index (χ3n) is 2.54. The summed E-state index contributed by atoms with van der Waals surface area (Å²) < 4.78 is 18.3. The van der Waals surface area contributed by atoms with Gasteiger partial charge in [-0.05, 0) is 6.07 Å². The van der Waals surface area contributed by atoms with Crippen molar-refractivity contribution in [2.45, 2.75) is 12.5 Å². The molecule has 1 fully saturated rings. The highest BCUT2D eigenvalue weighted by Crippen LogP contribution is 2.36. The van der Waals surface area contributed by atoms with Crippen molar-refractivity contribution in [3.8, 4) is 0 Å². The van der Waals surface area contributed by atoms with Crippen molar-refractivity contribution in [1.82, 2.24) is 0 Å². The normalized spacial score (nSPS) is 24.2. The SMILES string of the molecule is O=C1C[C@H](C(=O)O)[C@H](c2ccccc2F)O1. The van der Waals surface area contributed by atoms with Gasteiger partial charge in [-0.25, -0.2) is 4.39 Å². The molecule has 1 aliphatic heterocycles. The molecule has 0 bridgehead atoms. The predicted octanol–water partition coefficient (Wildman–Crippen LogP) is 1.51. The standard InChI is InChI=1S/C11H9FO4/c12-8-4-2-1-3-6(8)10-7(11(14)15)5-9(13)16-10/h1-4,7,10H,5H2,(H,14,15)/t7-,10-/m0/s1. The van der Waals surface area contributed by atoms with Crippen molar-refractivity contribution in [1.29, 1.82) is 0 Å². The Morgan fingerprint density at radius 3 is 2.75 bits per heavy atom. The van der Waals surface area contributed by atoms with Crippen LogP contribution in [0.4, 0.5) is 4.39 Å². The Kier molecular flexibility index (Phi) is 2.60. The topological polar surface area (TPSA) is 63.6 Å². The molecule has 1 aromatic carbocycles. The predicted molar refractivity (Wildman–Crippen MR) is 51.0 cm³/mol. The van der Waals surface area contributed by atoms with Crippen LogP contribution in [0.1, 0.15) is 18.1 Å². The summed E-state index contributed by atoms with van der Waals surface area (Å²) in [5, 5.41) is 8.90. The number of hydrogen-bond acceptors (Lipinski definition) is 3. The minimum Gasteiger partial charge on any atom is -0.481 e. The van der Waals surface area contributed by atoms with Crippen LogP contribution in [-0.2, 0) is 14.3 Å². The van der Waals surface area contributed by atoms with E-state index in [0.29, 0.717) is 0 Å². The number of benzene rings is 1. The second-order valence-corrected chi connectivity index (χ2v) is 3.58. The average Bonchev–Trinajstić information content (AvgIpc) is 2.61. The lowest BCUT2D eigenvalue weighted by molar-refractivity contribution is -0.144. The maximum Gasteiger partial charge on any atom is 0.311 e. The number of aliphatic carboxylic acids is 1. The van der Waals surface area contributed by atoms with Crippen molar-refractivity contribution in [2.24, 2.45) is 5.92 Å². The highest BCUT2D eigenvalue weighted by atomic mass is 19.1. The molecule has 0 spiro atoms. The van der Waals surface area contributed by atoms with Gasteiger partial charge in [-0.15, -0.1) is 0 Å². The summed E-state index contributed by atoms with van der Waals surface area (Å²) in [4.78, 5) is 21.9. The van der Waals surface area contributed by atoms with Gasteiger partial charge in [0.25, 0.3) is 0 Å². The number of carboxylic acids is 1. The number of hydrogen-bond donors (Lipinski definition) is 1. The summed E-state index contributed by atoms with van der Waals surface area (Å²) in [6.07, 6.45) is -1.24. The first-order chi connectivity index (χ1) is 7.59. The molecule has 1 aromatic rings. The van der Waals surface area contributed by atoms with Gasteiger partial charge >= 0.3 is 11.9 Å². The van der Waals surface area contributed by atoms with Crippen LogP contribution >= 0.6 is 0 Å². The first kappa shape index (κ1) is 10.6. The molecule has 2 atom stereocenters. The molecule has 4 nitrogen and oxygen atoms in total. The van der Waals surface area contributed by atoms with Gasteiger partial charge in [0.05, 0.1) is 6.42 Å². The van der Waals surface area contributed by atoms with E-state index in [1.807, 2.05) is 0 Å². The zero-order valence-electron chi connectivity index (χ0n) is 8.22. The summed E-state index contributed by atoms with van der Waals surface area (Å²) in [5.41, 5.74) is 0.112. The van der Waals surface area contributed by atoms with E-state index in [9.17, 15) is 14.0 Å². The van der Waals surface area contributed by atoms with Crippen molar-refractivity contribution in [3.63, 3.8) is 0 Å². The van der Waals surface area contributed by atoms with Crippen LogP contribution in [0.15, 0.2) is 24.3 Å². The van der Waals surface area contributed by atoms with Crippen molar-refractivity contribution >= 4 is 11.9 Å². The van der Waals surface area contributed by atoms with Crippen LogP contribution in [0.25, 0.3) is 0 Å². The van der Waals surface area contributed by atoms with Crippen LogP contribution in [0.5, 0.6) is 0 Å². The van der Waals surface area contributed by atoms with Gasteiger partial charge in [0, 0.05) is 5.56 Å². The van der Waals surface area contributed by atoms with Gasteiger partial charge in [-0.2, -0.15) is 0 Å². The Morgan fingerprint density at radius 2 is 2.12 bits per heavy atom. The lowest BCUT2D eigenvalue weighted by Crippen LogP contribution is -2.18. The fourth-order valence-corrected chi connectivity index (χ4v) is 1.76. The molecule has 1 aliphatic rings. The number of esters is 1. The molecular formula is C11H9FO4. The Hall–Kier alpha value is -1.91. The van der Waals surface area contributed by atoms with Gasteiger partial charge in [0.2, 0.25) is 0 Å². The fraction of sp³-hybridized carbons (Fsp3) is 0.273. The van der Waals surface area contributed by atoms with E-state index >= 15 is 0 Å². The average molecular weight is 224 g/mol. The summed E-state index contributed by atoms with van der Waals surface area (Å²) in [6.45, 7) is 0. The summed E-state index contributed by atoms with van der Waals surface area (Å²) in [7, 11) is 0. The van der Waals surface area contributed by atoms with E-state index < -0.39 is 29.8 Å². The van der Waals surface area contributed by atoms with Gasteiger partial charge in [-0.1, -0.05) is 18.2 Å². The molecule has 0 radical (unpaired) electrons. The van der Waals surface area contributed by atoms with E-state index in [1.54, 1.807) is 6.07 Å². The van der Waals surface area contributed by atoms with Gasteiger partial charge < -0.3 is 9.84 Å². The molecule has 16 heavy (non-hydrogen) atoms. The van der Waals surface area contributed by atoms with Gasteiger partial charge in [0.15, 0.2) is 0 Å². The lowest BCUT2D eigenvalue weighted by atomic mass is 9.95. The number of carbonyl (C=O) groups is 2. The Balaban J connectivity index is 2.36. The molecule has 0 unspecified atom stereocenters. The largest absolute Gasteiger partial charge is 0.481 e. The summed E-state index contributed by atoms with van der Waals surface area (Å²) in [6, 6.07) is 5.70. The minimum absolute atomic E-state index is 0.112. The molecule has 0 aliphatic carbocycles. The molecule has 1 heterocycles. The van der Waals surface area contributed by atoms with E-state index in [4.69, 9.17) is 9.84 Å². The van der Waals surface area contributed by atoms with Crippen molar-refractivity contribution in [2.75, 3.05) is 0 Å². The lowest BCUT2D eigenvalue weighted by Gasteiger charge is -2.14. The Morgan fingerprint density at radius 1 is 1.44 bits per heavy atom. The monoisotopic (exact) mass is 224 g/mol. The summed E-state index contributed by atoms with van der Waals surface area (Å²) in [5.74, 6) is -3.34. The zero-order chi connectivity index (χ0) is 11.7. The van der Waals surface area contributed by atoms with Gasteiger partial charge in [0.1, 0.15) is 17.8 Å². The smallest absolute Gasteiger partial charge is 0.311 e. The highest BCUT2D eigenvalue weighted by Gasteiger charge is 2.41. The van der Waals surface area contributed by atoms with Crippen LogP contribution in [0.2, 0.25) is 0 Å². The number of ether oxygens (including phenoxy) is 1. The van der Waals surface area contributed by atoms with E-state index in [2.05, 4.69) is 0 Å². The maximum atomic E-state index is 13.4. The van der Waals surface area contributed by atoms with Crippen LogP contribution in [0.3, 0.4) is 0 Å². The molecule has 0 saturated carbocycles. The molecule has 5 heteroatoms. The number of rotatable bonds is 2. The minimum atomic E-state index is -1.15. The first-order valence-electron chi connectivity index (χ1n) is 4.76. The third kappa shape index (κ3) is 1.76. The molecule has 84 valence electrons. The molecule has 1 saturated heterocycles. The maximum absolute atomic E-state index is 13.4.